The van der Waals surface area contributed by atoms with Crippen LogP contribution in [0, 0.1) is 6.92 Å². The molecule has 1 aliphatic rings. The van der Waals surface area contributed by atoms with Crippen LogP contribution in [-0.2, 0) is 32.0 Å². The summed E-state index contributed by atoms with van der Waals surface area (Å²) in [5.74, 6) is 0. The lowest BCUT2D eigenvalue weighted by molar-refractivity contribution is -0.135. The molecule has 1 aromatic heterocycles. The molecule has 0 radical (unpaired) electrons. The molecule has 1 saturated heterocycles. The minimum absolute atomic E-state index is 0.146. The normalized spacial score (nSPS) is 25.6. The van der Waals surface area contributed by atoms with Crippen molar-refractivity contribution in [3.05, 3.63) is 32.6 Å². The fraction of sp³-hybridized carbons (Fsp3) is 0.688. The number of aliphatic hydroxyl groups is 5. The summed E-state index contributed by atoms with van der Waals surface area (Å²) in [6.07, 6.45) is -12.2. The summed E-state index contributed by atoms with van der Waals surface area (Å²) in [5, 5.41) is 48.2. The van der Waals surface area contributed by atoms with E-state index in [1.165, 1.54) is 6.92 Å². The summed E-state index contributed by atoms with van der Waals surface area (Å²) >= 11 is 0. The Bertz CT molecular complexity index is 1120. The number of hydrogen-bond donors (Lipinski definition) is 8. The van der Waals surface area contributed by atoms with Crippen molar-refractivity contribution < 1.29 is 67.3 Å². The predicted octanol–water partition coefficient (Wildman–Crippen LogP) is -3.61. The number of aromatic nitrogens is 2. The second-order valence-corrected chi connectivity index (χ2v) is 10.7. The van der Waals surface area contributed by atoms with Gasteiger partial charge >= 0.3 is 21.3 Å². The van der Waals surface area contributed by atoms with Crippen LogP contribution in [0.2, 0.25) is 0 Å². The van der Waals surface area contributed by atoms with Crippen molar-refractivity contribution in [3.8, 4) is 0 Å². The first-order valence-corrected chi connectivity index (χ1v) is 13.1. The van der Waals surface area contributed by atoms with Gasteiger partial charge in [-0.15, -0.1) is 0 Å². The Labute approximate surface area is 201 Å². The van der Waals surface area contributed by atoms with Crippen LogP contribution in [0.4, 0.5) is 0 Å². The molecule has 2 rings (SSSR count). The quantitative estimate of drug-likeness (QED) is 0.0847. The molecule has 8 atom stereocenters. The molecule has 0 bridgehead atoms. The zero-order valence-corrected chi connectivity index (χ0v) is 20.3. The van der Waals surface area contributed by atoms with Gasteiger partial charge in [0.1, 0.15) is 30.6 Å². The Morgan fingerprint density at radius 3 is 2.44 bits per heavy atom. The molecular formula is C16H26N2O16P2. The van der Waals surface area contributed by atoms with Gasteiger partial charge in [-0.25, -0.2) is 13.9 Å². The SMILES string of the molecule is Cc1cn([C@H]2C[C@H](O)[C@@H](COP(=O)(O[C@@H](C=O)[C@@H](O)[C@H](O)[C@H](O)CO)OP(=O)(O)O)O2)c(=O)[nH]c1=O. The highest BCUT2D eigenvalue weighted by molar-refractivity contribution is 7.61. The molecule has 1 aliphatic heterocycles. The maximum atomic E-state index is 12.9. The molecular weight excluding hydrogens is 538 g/mol. The third-order valence-corrected chi connectivity index (χ3v) is 7.53. The van der Waals surface area contributed by atoms with Gasteiger partial charge in [-0.3, -0.25) is 23.4 Å². The molecule has 0 aromatic carbocycles. The van der Waals surface area contributed by atoms with E-state index in [4.69, 9.17) is 24.2 Å². The molecule has 1 unspecified atom stereocenters. The summed E-state index contributed by atoms with van der Waals surface area (Å²) in [7, 11) is -11.1. The Balaban J connectivity index is 2.19. The second kappa shape index (κ2) is 12.3. The number of aldehydes is 1. The summed E-state index contributed by atoms with van der Waals surface area (Å²) in [6, 6.07) is 0. The number of aromatic amines is 1. The summed E-state index contributed by atoms with van der Waals surface area (Å²) in [5.41, 5.74) is -1.37. The molecule has 0 spiro atoms. The van der Waals surface area contributed by atoms with Crippen molar-refractivity contribution in [3.63, 3.8) is 0 Å². The van der Waals surface area contributed by atoms with Crippen molar-refractivity contribution in [2.75, 3.05) is 13.2 Å². The van der Waals surface area contributed by atoms with E-state index in [-0.39, 0.29) is 18.3 Å². The zero-order chi connectivity index (χ0) is 27.4. The lowest BCUT2D eigenvalue weighted by Crippen LogP contribution is -2.47. The monoisotopic (exact) mass is 564 g/mol. The predicted molar refractivity (Wildman–Crippen MR) is 113 cm³/mol. The average Bonchev–Trinajstić information content (AvgIpc) is 3.16. The van der Waals surface area contributed by atoms with Crippen LogP contribution in [0.3, 0.4) is 0 Å². The van der Waals surface area contributed by atoms with Crippen molar-refractivity contribution in [1.82, 2.24) is 9.55 Å². The fourth-order valence-electron chi connectivity index (χ4n) is 3.05. The Morgan fingerprint density at radius 2 is 1.89 bits per heavy atom. The molecule has 8 N–H and O–H groups in total. The highest BCUT2D eigenvalue weighted by Gasteiger charge is 2.45. The van der Waals surface area contributed by atoms with Gasteiger partial charge in [0.05, 0.1) is 19.3 Å². The summed E-state index contributed by atoms with van der Waals surface area (Å²) in [6.45, 7) is -0.607. The third kappa shape index (κ3) is 7.93. The number of nitrogens with one attached hydrogen (secondary N) is 1. The second-order valence-electron chi connectivity index (χ2n) is 7.66. The van der Waals surface area contributed by atoms with Crippen LogP contribution in [0.5, 0.6) is 0 Å². The molecule has 18 nitrogen and oxygen atoms in total. The number of carbonyl (C=O) groups is 1. The van der Waals surface area contributed by atoms with Gasteiger partial charge in [0.2, 0.25) is 0 Å². The summed E-state index contributed by atoms with van der Waals surface area (Å²) in [4.78, 5) is 55.0. The van der Waals surface area contributed by atoms with Crippen molar-refractivity contribution in [1.29, 1.82) is 0 Å². The van der Waals surface area contributed by atoms with Crippen molar-refractivity contribution in [2.24, 2.45) is 0 Å². The van der Waals surface area contributed by atoms with E-state index >= 15 is 0 Å². The number of rotatable bonds is 13. The highest BCUT2D eigenvalue weighted by atomic mass is 31.3. The van der Waals surface area contributed by atoms with Gasteiger partial charge in [0.25, 0.3) is 5.56 Å². The number of carbonyl (C=O) groups excluding carboxylic acids is 1. The molecule has 20 heteroatoms. The van der Waals surface area contributed by atoms with Crippen molar-refractivity contribution >= 4 is 21.9 Å². The van der Waals surface area contributed by atoms with E-state index in [1.807, 2.05) is 4.98 Å². The fourth-order valence-corrected chi connectivity index (χ4v) is 5.30. The molecule has 2 heterocycles. The average molecular weight is 564 g/mol. The van der Waals surface area contributed by atoms with Crippen LogP contribution in [0.15, 0.2) is 15.8 Å². The number of phosphoric ester groups is 1. The van der Waals surface area contributed by atoms with Gasteiger partial charge in [-0.1, -0.05) is 0 Å². The van der Waals surface area contributed by atoms with Crippen LogP contribution in [0.1, 0.15) is 18.2 Å². The van der Waals surface area contributed by atoms with Gasteiger partial charge in [-0.05, 0) is 6.92 Å². The molecule has 1 aromatic rings. The first kappa shape index (κ1) is 30.6. The van der Waals surface area contributed by atoms with Crippen LogP contribution >= 0.6 is 15.6 Å². The molecule has 0 aliphatic carbocycles. The van der Waals surface area contributed by atoms with E-state index in [2.05, 4.69) is 8.83 Å². The van der Waals surface area contributed by atoms with Gasteiger partial charge in [0, 0.05) is 18.2 Å². The number of nitrogens with zero attached hydrogens (tertiary/aromatic N) is 1. The van der Waals surface area contributed by atoms with Gasteiger partial charge in [-0.2, -0.15) is 4.31 Å². The molecule has 0 amide bonds. The number of phosphoric acid groups is 2. The number of aliphatic hydroxyl groups excluding tert-OH is 5. The smallest absolute Gasteiger partial charge is 0.394 e. The van der Waals surface area contributed by atoms with Crippen LogP contribution in [0.25, 0.3) is 0 Å². The van der Waals surface area contributed by atoms with Crippen LogP contribution in [-0.4, -0.2) is 101 Å². The number of aryl methyl sites for hydroxylation is 1. The lowest BCUT2D eigenvalue weighted by atomic mass is 10.0. The van der Waals surface area contributed by atoms with E-state index < -0.39 is 83.0 Å². The Hall–Kier alpha value is -1.63. The maximum absolute atomic E-state index is 12.9. The number of H-pyrrole nitrogens is 1. The van der Waals surface area contributed by atoms with Crippen molar-refractivity contribution in [2.45, 2.75) is 56.2 Å². The minimum Gasteiger partial charge on any atom is -0.394 e. The minimum atomic E-state index is -5.63. The van der Waals surface area contributed by atoms with E-state index in [9.17, 15) is 43.9 Å². The number of hydrogen-bond acceptors (Lipinski definition) is 14. The zero-order valence-electron chi connectivity index (χ0n) is 18.5. The standard InChI is InChI=1S/C16H26N2O16P2/c1-7-3-18(16(26)17-15(7)25)12-2-8(21)11(32-12)6-31-36(30,34-35(27,28)29)33-10(5-20)14(24)13(23)9(22)4-19/h3,5,8-14,19,21-24H,2,4,6H2,1H3,(H,17,25,26)(H2,27,28,29)/t8-,9+,10-,11+,12+,13+,14+,36?/m0/s1. The van der Waals surface area contributed by atoms with Gasteiger partial charge in [0.15, 0.2) is 12.4 Å². The van der Waals surface area contributed by atoms with E-state index in [1.54, 1.807) is 0 Å². The molecule has 206 valence electrons. The summed E-state index contributed by atoms with van der Waals surface area (Å²) < 4.78 is 44.0. The maximum Gasteiger partial charge on any atom is 0.484 e. The molecule has 0 saturated carbocycles. The first-order valence-electron chi connectivity index (χ1n) is 10.1. The first-order chi connectivity index (χ1) is 16.6. The van der Waals surface area contributed by atoms with Gasteiger partial charge < -0.3 is 44.9 Å². The van der Waals surface area contributed by atoms with Crippen LogP contribution < -0.4 is 11.2 Å². The number of ether oxygens (including phenoxy) is 1. The molecule has 1 fully saturated rings. The Kier molecular flexibility index (Phi) is 10.4. The van der Waals surface area contributed by atoms with E-state index in [0.717, 1.165) is 10.8 Å². The topological polar surface area (TPSA) is 285 Å². The molecule has 36 heavy (non-hydrogen) atoms. The lowest BCUT2D eigenvalue weighted by Gasteiger charge is -2.28. The highest BCUT2D eigenvalue weighted by Crippen LogP contribution is 2.62. The Morgan fingerprint density at radius 1 is 1.25 bits per heavy atom. The van der Waals surface area contributed by atoms with E-state index in [0.29, 0.717) is 0 Å². The largest absolute Gasteiger partial charge is 0.484 e. The third-order valence-electron chi connectivity index (χ3n) is 4.92.